The van der Waals surface area contributed by atoms with Crippen LogP contribution in [-0.2, 0) is 0 Å². The Morgan fingerprint density at radius 2 is 1.79 bits per heavy atom. The number of aryl methyl sites for hydroxylation is 4. The van der Waals surface area contributed by atoms with E-state index in [2.05, 4.69) is 29.5 Å². The lowest BCUT2D eigenvalue weighted by molar-refractivity contribution is 0.102. The third-order valence-electron chi connectivity index (χ3n) is 4.82. The lowest BCUT2D eigenvalue weighted by atomic mass is 10.0. The molecule has 1 amide bonds. The Hall–Kier alpha value is -3.54. The first-order valence-electron chi connectivity index (χ1n) is 9.34. The van der Waals surface area contributed by atoms with Crippen LogP contribution in [0.5, 0.6) is 0 Å². The van der Waals surface area contributed by atoms with Crippen LogP contribution >= 0.6 is 0 Å². The summed E-state index contributed by atoms with van der Waals surface area (Å²) in [5.41, 5.74) is 5.22. The first kappa shape index (κ1) is 18.8. The minimum Gasteiger partial charge on any atom is -0.306 e. The summed E-state index contributed by atoms with van der Waals surface area (Å²) in [6.45, 7) is 7.98. The van der Waals surface area contributed by atoms with Gasteiger partial charge < -0.3 is 5.32 Å². The predicted octanol–water partition coefficient (Wildman–Crippen LogP) is 5.05. The van der Waals surface area contributed by atoms with Crippen molar-refractivity contribution in [2.75, 3.05) is 5.32 Å². The van der Waals surface area contributed by atoms with E-state index in [1.165, 1.54) is 23.8 Å². The first-order chi connectivity index (χ1) is 13.8. The molecule has 0 fully saturated rings. The van der Waals surface area contributed by atoms with Gasteiger partial charge in [-0.2, -0.15) is 9.78 Å². The molecule has 2 heterocycles. The number of amides is 1. The summed E-state index contributed by atoms with van der Waals surface area (Å²) in [5, 5.41) is 8.42. The van der Waals surface area contributed by atoms with Gasteiger partial charge in [-0.3, -0.25) is 4.79 Å². The second-order valence-electron chi connectivity index (χ2n) is 7.32. The molecule has 5 nitrogen and oxygen atoms in total. The molecule has 1 N–H and O–H groups in total. The Bertz CT molecular complexity index is 1260. The van der Waals surface area contributed by atoms with Crippen LogP contribution in [0.1, 0.15) is 32.7 Å². The van der Waals surface area contributed by atoms with E-state index in [1.807, 2.05) is 26.8 Å². The Kier molecular flexibility index (Phi) is 4.62. The van der Waals surface area contributed by atoms with Crippen molar-refractivity contribution < 1.29 is 9.18 Å². The van der Waals surface area contributed by atoms with Crippen molar-refractivity contribution in [2.24, 2.45) is 0 Å². The number of rotatable bonds is 3. The molecule has 146 valence electrons. The molecule has 0 saturated carbocycles. The SMILES string of the molecule is Cc1cc(C)c2nc(-n3nc(C)cc3NC(=O)c3cccc(F)c3)cc(C)c2c1. The van der Waals surface area contributed by atoms with Gasteiger partial charge in [0.2, 0.25) is 0 Å². The number of hydrogen-bond donors (Lipinski definition) is 1. The Morgan fingerprint density at radius 3 is 2.55 bits per heavy atom. The molecule has 0 aliphatic carbocycles. The van der Waals surface area contributed by atoms with E-state index in [4.69, 9.17) is 4.98 Å². The lowest BCUT2D eigenvalue weighted by Crippen LogP contribution is -2.16. The molecule has 0 spiro atoms. The molecule has 0 bridgehead atoms. The number of carbonyl (C=O) groups excluding carboxylic acids is 1. The van der Waals surface area contributed by atoms with Crippen LogP contribution in [0, 0.1) is 33.5 Å². The van der Waals surface area contributed by atoms with Gasteiger partial charge in [-0.1, -0.05) is 17.7 Å². The highest BCUT2D eigenvalue weighted by Crippen LogP contribution is 2.26. The molecule has 6 heteroatoms. The minimum atomic E-state index is -0.458. The third-order valence-corrected chi connectivity index (χ3v) is 4.82. The van der Waals surface area contributed by atoms with Crippen molar-refractivity contribution in [1.82, 2.24) is 14.8 Å². The van der Waals surface area contributed by atoms with E-state index >= 15 is 0 Å². The average Bonchev–Trinajstić information content (AvgIpc) is 3.02. The van der Waals surface area contributed by atoms with E-state index in [1.54, 1.807) is 16.8 Å². The summed E-state index contributed by atoms with van der Waals surface area (Å²) in [7, 11) is 0. The van der Waals surface area contributed by atoms with Crippen molar-refractivity contribution in [2.45, 2.75) is 27.7 Å². The number of aromatic nitrogens is 3. The zero-order chi connectivity index (χ0) is 20.7. The number of pyridine rings is 1. The number of nitrogens with zero attached hydrogens (tertiary/aromatic N) is 3. The highest BCUT2D eigenvalue weighted by Gasteiger charge is 2.15. The number of nitrogens with one attached hydrogen (secondary N) is 1. The van der Waals surface area contributed by atoms with Gasteiger partial charge in [0.1, 0.15) is 11.6 Å². The largest absolute Gasteiger partial charge is 0.306 e. The van der Waals surface area contributed by atoms with E-state index in [9.17, 15) is 9.18 Å². The molecular formula is C23H21FN4O. The second-order valence-corrected chi connectivity index (χ2v) is 7.32. The summed E-state index contributed by atoms with van der Waals surface area (Å²) >= 11 is 0. The summed E-state index contributed by atoms with van der Waals surface area (Å²) in [4.78, 5) is 17.4. The maximum atomic E-state index is 13.5. The Balaban J connectivity index is 1.78. The van der Waals surface area contributed by atoms with Crippen molar-refractivity contribution in [1.29, 1.82) is 0 Å². The summed E-state index contributed by atoms with van der Waals surface area (Å²) < 4.78 is 15.1. The standard InChI is InChI=1S/C23H21FN4O/c1-13-8-15(3)22-19(9-13)14(2)10-20(25-22)28-21(11-16(4)27-28)26-23(29)17-6-5-7-18(24)12-17/h5-12H,1-4H3,(H,26,29). The monoisotopic (exact) mass is 388 g/mol. The third kappa shape index (κ3) is 3.61. The van der Waals surface area contributed by atoms with Crippen molar-refractivity contribution >= 4 is 22.6 Å². The minimum absolute atomic E-state index is 0.240. The van der Waals surface area contributed by atoms with Gasteiger partial charge in [-0.05, 0) is 69.2 Å². The summed E-state index contributed by atoms with van der Waals surface area (Å²) in [6.07, 6.45) is 0. The van der Waals surface area contributed by atoms with Gasteiger partial charge in [0.05, 0.1) is 11.2 Å². The Morgan fingerprint density at radius 1 is 1.00 bits per heavy atom. The van der Waals surface area contributed by atoms with Crippen LogP contribution in [0.4, 0.5) is 10.2 Å². The second kappa shape index (κ2) is 7.13. The van der Waals surface area contributed by atoms with Crippen molar-refractivity contribution in [3.05, 3.63) is 82.3 Å². The topological polar surface area (TPSA) is 59.8 Å². The molecule has 0 aliphatic heterocycles. The zero-order valence-corrected chi connectivity index (χ0v) is 16.7. The number of fused-ring (bicyclic) bond motifs is 1. The van der Waals surface area contributed by atoms with Gasteiger partial charge >= 0.3 is 0 Å². The van der Waals surface area contributed by atoms with E-state index < -0.39 is 11.7 Å². The molecule has 0 atom stereocenters. The first-order valence-corrected chi connectivity index (χ1v) is 9.34. The van der Waals surface area contributed by atoms with Crippen molar-refractivity contribution in [3.63, 3.8) is 0 Å². The zero-order valence-electron chi connectivity index (χ0n) is 16.7. The average molecular weight is 388 g/mol. The smallest absolute Gasteiger partial charge is 0.256 e. The normalized spacial score (nSPS) is 11.1. The Labute approximate surface area is 168 Å². The number of halogens is 1. The summed E-state index contributed by atoms with van der Waals surface area (Å²) in [6, 6.07) is 13.5. The van der Waals surface area contributed by atoms with Gasteiger partial charge in [0.25, 0.3) is 5.91 Å². The number of benzene rings is 2. The molecule has 0 aliphatic rings. The van der Waals surface area contributed by atoms with Crippen LogP contribution in [0.15, 0.2) is 48.5 Å². The van der Waals surface area contributed by atoms with E-state index in [0.717, 1.165) is 27.7 Å². The van der Waals surface area contributed by atoms with Crippen LogP contribution in [0.25, 0.3) is 16.7 Å². The molecule has 29 heavy (non-hydrogen) atoms. The van der Waals surface area contributed by atoms with E-state index in [-0.39, 0.29) is 5.56 Å². The van der Waals surface area contributed by atoms with Crippen LogP contribution in [0.2, 0.25) is 0 Å². The highest BCUT2D eigenvalue weighted by molar-refractivity contribution is 6.04. The molecule has 0 unspecified atom stereocenters. The number of carbonyl (C=O) groups is 1. The fourth-order valence-electron chi connectivity index (χ4n) is 3.52. The fourth-order valence-corrected chi connectivity index (χ4v) is 3.52. The molecular weight excluding hydrogens is 367 g/mol. The quantitative estimate of drug-likeness (QED) is 0.534. The van der Waals surface area contributed by atoms with E-state index in [0.29, 0.717) is 11.6 Å². The lowest BCUT2D eigenvalue weighted by Gasteiger charge is -2.12. The number of anilines is 1. The molecule has 2 aromatic carbocycles. The maximum Gasteiger partial charge on any atom is 0.256 e. The van der Waals surface area contributed by atoms with Gasteiger partial charge in [0.15, 0.2) is 5.82 Å². The molecule has 4 aromatic rings. The molecule has 2 aromatic heterocycles. The van der Waals surface area contributed by atoms with Gasteiger partial charge in [-0.15, -0.1) is 0 Å². The molecule has 0 radical (unpaired) electrons. The van der Waals surface area contributed by atoms with Crippen molar-refractivity contribution in [3.8, 4) is 5.82 Å². The van der Waals surface area contributed by atoms with Crippen LogP contribution < -0.4 is 5.32 Å². The molecule has 0 saturated heterocycles. The molecule has 4 rings (SSSR count). The maximum absolute atomic E-state index is 13.5. The van der Waals surface area contributed by atoms with Gasteiger partial charge in [-0.25, -0.2) is 9.37 Å². The summed E-state index contributed by atoms with van der Waals surface area (Å²) in [5.74, 6) is 0.229. The van der Waals surface area contributed by atoms with Gasteiger partial charge in [0, 0.05) is 17.0 Å². The fraction of sp³-hybridized carbons (Fsp3) is 0.174. The van der Waals surface area contributed by atoms with Crippen LogP contribution in [0.3, 0.4) is 0 Å². The van der Waals surface area contributed by atoms with Crippen LogP contribution in [-0.4, -0.2) is 20.7 Å². The number of hydrogen-bond acceptors (Lipinski definition) is 3. The predicted molar refractivity (Wildman–Crippen MR) is 112 cm³/mol. The highest BCUT2D eigenvalue weighted by atomic mass is 19.1.